The van der Waals surface area contributed by atoms with Gasteiger partial charge in [-0.3, -0.25) is 0 Å². The van der Waals surface area contributed by atoms with E-state index in [2.05, 4.69) is 51.1 Å². The van der Waals surface area contributed by atoms with Crippen LogP contribution in [0.25, 0.3) is 0 Å². The standard InChI is InChI=1S/C22H25O4.3C4H9.Sn/c1-25-21-9-3-6-17(14-21)12-19(8-5-11-23)20(16-24)13-18-7-4-10-22(15-18)26-2;3*1-3-4-2;/h3-7,9-10,14-15,23-24H,11-13,16H2,1-2H3;3*1,3-4H2,2H3;/b8-5?,20-19+;;;;. The van der Waals surface area contributed by atoms with Crippen molar-refractivity contribution in [1.82, 2.24) is 0 Å². The molecule has 0 amide bonds. The van der Waals surface area contributed by atoms with Crippen molar-refractivity contribution in [2.45, 2.75) is 85.4 Å². The minimum atomic E-state index is -2.98. The summed E-state index contributed by atoms with van der Waals surface area (Å²) in [6.45, 7) is 6.91. The van der Waals surface area contributed by atoms with Gasteiger partial charge in [0.25, 0.3) is 0 Å². The van der Waals surface area contributed by atoms with Crippen LogP contribution in [0.15, 0.2) is 69.3 Å². The molecule has 2 rings (SSSR count). The third-order valence-corrected chi connectivity index (χ3v) is 23.8. The number of ether oxygens (including phenoxy) is 2. The molecule has 216 valence electrons. The Balaban J connectivity index is 2.79. The SMILES string of the molecule is CCC[CH2][Sn]([CH2]CCC)([CH2]CCC)[C](=C/CO)/C(Cc1cccc(OC)c1)=C(\CO)Cc1cccc(OC)c1. The Kier molecular flexibility index (Phi) is 15.9. The van der Waals surface area contributed by atoms with Gasteiger partial charge >= 0.3 is 243 Å². The number of methoxy groups -OCH3 is 2. The molecule has 5 heteroatoms. The zero-order valence-corrected chi connectivity index (χ0v) is 28.0. The fourth-order valence-electron chi connectivity index (χ4n) is 5.76. The first-order valence-corrected chi connectivity index (χ1v) is 22.4. The fraction of sp³-hybridized carbons (Fsp3) is 0.529. The van der Waals surface area contributed by atoms with E-state index in [0.717, 1.165) is 29.1 Å². The normalized spacial score (nSPS) is 12.8. The summed E-state index contributed by atoms with van der Waals surface area (Å²) in [5, 5.41) is 21.3. The van der Waals surface area contributed by atoms with E-state index in [9.17, 15) is 10.2 Å². The first-order chi connectivity index (χ1) is 19.0. The third-order valence-electron chi connectivity index (χ3n) is 7.90. The first kappa shape index (κ1) is 33.4. The van der Waals surface area contributed by atoms with Crippen molar-refractivity contribution in [3.8, 4) is 11.5 Å². The molecule has 4 nitrogen and oxygen atoms in total. The van der Waals surface area contributed by atoms with E-state index in [1.54, 1.807) is 14.2 Å². The Morgan fingerprint density at radius 2 is 1.23 bits per heavy atom. The summed E-state index contributed by atoms with van der Waals surface area (Å²) in [4.78, 5) is 0. The number of benzene rings is 2. The predicted molar refractivity (Wildman–Crippen MR) is 168 cm³/mol. The van der Waals surface area contributed by atoms with Crippen LogP contribution in [0, 0.1) is 0 Å². The van der Waals surface area contributed by atoms with Gasteiger partial charge in [-0.2, -0.15) is 0 Å². The van der Waals surface area contributed by atoms with Crippen LogP contribution in [0.3, 0.4) is 0 Å². The molecule has 0 aromatic heterocycles. The van der Waals surface area contributed by atoms with E-state index in [1.807, 2.05) is 24.3 Å². The maximum absolute atomic E-state index is 10.9. The molecular weight excluding hydrogens is 591 g/mol. The molecule has 0 saturated heterocycles. The van der Waals surface area contributed by atoms with Gasteiger partial charge in [0.05, 0.1) is 0 Å². The average molecular weight is 643 g/mol. The second kappa shape index (κ2) is 18.6. The Hall–Kier alpha value is -1.76. The zero-order chi connectivity index (χ0) is 28.5. The molecule has 0 atom stereocenters. The van der Waals surface area contributed by atoms with Gasteiger partial charge < -0.3 is 0 Å². The molecule has 39 heavy (non-hydrogen) atoms. The van der Waals surface area contributed by atoms with E-state index in [-0.39, 0.29) is 13.2 Å². The summed E-state index contributed by atoms with van der Waals surface area (Å²) in [7, 11) is 3.40. The van der Waals surface area contributed by atoms with Crippen molar-refractivity contribution >= 4 is 18.4 Å². The van der Waals surface area contributed by atoms with Crippen LogP contribution >= 0.6 is 0 Å². The van der Waals surface area contributed by atoms with Crippen LogP contribution < -0.4 is 9.47 Å². The monoisotopic (exact) mass is 644 g/mol. The molecule has 2 aromatic carbocycles. The van der Waals surface area contributed by atoms with Crippen LogP contribution in [0.1, 0.15) is 70.4 Å². The molecule has 0 aliphatic carbocycles. The van der Waals surface area contributed by atoms with E-state index < -0.39 is 18.4 Å². The molecule has 0 radical (unpaired) electrons. The number of unbranched alkanes of at least 4 members (excludes halogenated alkanes) is 3. The van der Waals surface area contributed by atoms with Gasteiger partial charge in [-0.25, -0.2) is 0 Å². The van der Waals surface area contributed by atoms with Crippen LogP contribution in [-0.2, 0) is 12.8 Å². The first-order valence-electron chi connectivity index (χ1n) is 14.9. The summed E-state index contributed by atoms with van der Waals surface area (Å²) in [6.07, 6.45) is 10.8. The molecule has 0 aliphatic rings. The van der Waals surface area contributed by atoms with Gasteiger partial charge in [0.2, 0.25) is 0 Å². The maximum atomic E-state index is 10.9. The van der Waals surface area contributed by atoms with Crippen molar-refractivity contribution in [1.29, 1.82) is 0 Å². The van der Waals surface area contributed by atoms with Crippen molar-refractivity contribution in [2.24, 2.45) is 0 Å². The Labute approximate surface area is 242 Å². The predicted octanol–water partition coefficient (Wildman–Crippen LogP) is 8.08. The topological polar surface area (TPSA) is 58.9 Å². The van der Waals surface area contributed by atoms with E-state index in [1.165, 1.54) is 66.6 Å². The Morgan fingerprint density at radius 3 is 1.64 bits per heavy atom. The number of allylic oxidation sites excluding steroid dienone is 2. The van der Waals surface area contributed by atoms with Crippen LogP contribution in [0.2, 0.25) is 13.3 Å². The minimum absolute atomic E-state index is 0.00341. The van der Waals surface area contributed by atoms with E-state index in [0.29, 0.717) is 6.42 Å². The molecule has 0 heterocycles. The number of rotatable bonds is 19. The quantitative estimate of drug-likeness (QED) is 0.120. The number of aliphatic hydroxyl groups is 2. The van der Waals surface area contributed by atoms with Crippen molar-refractivity contribution in [3.05, 3.63) is 80.5 Å². The average Bonchev–Trinajstić information content (AvgIpc) is 2.98. The fourth-order valence-corrected chi connectivity index (χ4v) is 23.1. The Morgan fingerprint density at radius 1 is 0.744 bits per heavy atom. The third kappa shape index (κ3) is 10.3. The molecule has 0 spiro atoms. The molecule has 0 saturated carbocycles. The van der Waals surface area contributed by atoms with Crippen molar-refractivity contribution in [3.63, 3.8) is 0 Å². The summed E-state index contributed by atoms with van der Waals surface area (Å²) < 4.78 is 16.4. The van der Waals surface area contributed by atoms with Gasteiger partial charge in [-0.1, -0.05) is 0 Å². The molecule has 0 bridgehead atoms. The van der Waals surface area contributed by atoms with E-state index >= 15 is 0 Å². The number of hydrogen-bond donors (Lipinski definition) is 2. The van der Waals surface area contributed by atoms with Crippen LogP contribution in [-0.4, -0.2) is 56.0 Å². The van der Waals surface area contributed by atoms with Gasteiger partial charge in [0.15, 0.2) is 0 Å². The molecular formula is C34H52O4Sn. The van der Waals surface area contributed by atoms with Crippen molar-refractivity contribution in [2.75, 3.05) is 27.4 Å². The van der Waals surface area contributed by atoms with Gasteiger partial charge in [-0.05, 0) is 0 Å². The second-order valence-electron chi connectivity index (χ2n) is 10.7. The van der Waals surface area contributed by atoms with Crippen LogP contribution in [0.4, 0.5) is 0 Å². The summed E-state index contributed by atoms with van der Waals surface area (Å²) in [6, 6.07) is 16.4. The van der Waals surface area contributed by atoms with Gasteiger partial charge in [0, 0.05) is 0 Å². The van der Waals surface area contributed by atoms with Gasteiger partial charge in [0.1, 0.15) is 0 Å². The van der Waals surface area contributed by atoms with Crippen LogP contribution in [0.5, 0.6) is 11.5 Å². The van der Waals surface area contributed by atoms with Crippen molar-refractivity contribution < 1.29 is 19.7 Å². The number of hydrogen-bond acceptors (Lipinski definition) is 4. The molecule has 0 aliphatic heterocycles. The summed E-state index contributed by atoms with van der Waals surface area (Å²) in [5.74, 6) is 1.67. The zero-order valence-electron chi connectivity index (χ0n) is 25.1. The summed E-state index contributed by atoms with van der Waals surface area (Å²) >= 11 is -2.98. The molecule has 2 aromatic rings. The molecule has 0 fully saturated rings. The second-order valence-corrected chi connectivity index (χ2v) is 23.8. The van der Waals surface area contributed by atoms with Gasteiger partial charge in [-0.15, -0.1) is 0 Å². The molecule has 2 N–H and O–H groups in total. The molecule has 0 unspecified atom stereocenters. The summed E-state index contributed by atoms with van der Waals surface area (Å²) in [5.41, 5.74) is 4.60. The number of aliphatic hydroxyl groups excluding tert-OH is 2. The van der Waals surface area contributed by atoms with E-state index in [4.69, 9.17) is 9.47 Å². The Bertz CT molecular complexity index is 1020.